The molecule has 0 radical (unpaired) electrons. The SMILES string of the molecule is C[C@H](c1ccccn1)N(C)c1cc(=O)n(C)cn1. The lowest BCUT2D eigenvalue weighted by atomic mass is 10.2. The van der Waals surface area contributed by atoms with Crippen LogP contribution in [0.2, 0.25) is 0 Å². The van der Waals surface area contributed by atoms with Gasteiger partial charge in [0.15, 0.2) is 0 Å². The normalized spacial score (nSPS) is 12.2. The monoisotopic (exact) mass is 244 g/mol. The molecule has 5 heteroatoms. The number of anilines is 1. The molecular weight excluding hydrogens is 228 g/mol. The maximum absolute atomic E-state index is 11.6. The third kappa shape index (κ3) is 2.40. The average molecular weight is 244 g/mol. The van der Waals surface area contributed by atoms with E-state index in [1.807, 2.05) is 37.1 Å². The Morgan fingerprint density at radius 2 is 2.11 bits per heavy atom. The number of nitrogens with zero attached hydrogens (tertiary/aromatic N) is 4. The van der Waals surface area contributed by atoms with Gasteiger partial charge in [-0.2, -0.15) is 0 Å². The minimum Gasteiger partial charge on any atom is -0.351 e. The molecule has 2 aromatic heterocycles. The molecule has 0 amide bonds. The van der Waals surface area contributed by atoms with E-state index in [1.165, 1.54) is 17.0 Å². The van der Waals surface area contributed by atoms with Crippen LogP contribution in [0.3, 0.4) is 0 Å². The molecule has 2 aromatic rings. The Kier molecular flexibility index (Phi) is 3.41. The molecule has 0 aliphatic carbocycles. The van der Waals surface area contributed by atoms with Crippen molar-refractivity contribution in [1.82, 2.24) is 14.5 Å². The van der Waals surface area contributed by atoms with Crippen molar-refractivity contribution in [1.29, 1.82) is 0 Å². The molecule has 0 aliphatic rings. The van der Waals surface area contributed by atoms with Crippen LogP contribution >= 0.6 is 0 Å². The zero-order valence-electron chi connectivity index (χ0n) is 10.7. The highest BCUT2D eigenvalue weighted by Crippen LogP contribution is 2.20. The number of hydrogen-bond donors (Lipinski definition) is 0. The molecule has 0 unspecified atom stereocenters. The Hall–Kier alpha value is -2.17. The number of aryl methyl sites for hydroxylation is 1. The zero-order chi connectivity index (χ0) is 13.1. The summed E-state index contributed by atoms with van der Waals surface area (Å²) in [6.07, 6.45) is 3.29. The average Bonchev–Trinajstić information content (AvgIpc) is 2.41. The first-order valence-electron chi connectivity index (χ1n) is 5.76. The summed E-state index contributed by atoms with van der Waals surface area (Å²) in [7, 11) is 3.59. The van der Waals surface area contributed by atoms with Crippen LogP contribution in [0.4, 0.5) is 5.82 Å². The van der Waals surface area contributed by atoms with Gasteiger partial charge in [-0.3, -0.25) is 9.78 Å². The van der Waals surface area contributed by atoms with Crippen molar-refractivity contribution in [3.63, 3.8) is 0 Å². The fourth-order valence-electron chi connectivity index (χ4n) is 1.66. The Labute approximate surface area is 106 Å². The van der Waals surface area contributed by atoms with Crippen LogP contribution in [0.15, 0.2) is 41.6 Å². The lowest BCUT2D eigenvalue weighted by Gasteiger charge is -2.25. The van der Waals surface area contributed by atoms with E-state index < -0.39 is 0 Å². The summed E-state index contributed by atoms with van der Waals surface area (Å²) >= 11 is 0. The van der Waals surface area contributed by atoms with Crippen molar-refractivity contribution < 1.29 is 0 Å². The van der Waals surface area contributed by atoms with Crippen LogP contribution in [-0.2, 0) is 7.05 Å². The Balaban J connectivity index is 2.28. The summed E-state index contributed by atoms with van der Waals surface area (Å²) in [6.45, 7) is 2.03. The summed E-state index contributed by atoms with van der Waals surface area (Å²) in [4.78, 5) is 22.1. The third-order valence-electron chi connectivity index (χ3n) is 3.02. The molecule has 0 spiro atoms. The maximum Gasteiger partial charge on any atom is 0.255 e. The smallest absolute Gasteiger partial charge is 0.255 e. The number of rotatable bonds is 3. The van der Waals surface area contributed by atoms with Crippen molar-refractivity contribution in [2.24, 2.45) is 7.05 Å². The summed E-state index contributed by atoms with van der Waals surface area (Å²) in [6, 6.07) is 7.38. The van der Waals surface area contributed by atoms with E-state index in [4.69, 9.17) is 0 Å². The fraction of sp³-hybridized carbons (Fsp3) is 0.308. The maximum atomic E-state index is 11.6. The van der Waals surface area contributed by atoms with Crippen LogP contribution in [0.25, 0.3) is 0 Å². The molecule has 0 saturated carbocycles. The number of aromatic nitrogens is 3. The van der Waals surface area contributed by atoms with Crippen molar-refractivity contribution in [2.75, 3.05) is 11.9 Å². The van der Waals surface area contributed by atoms with E-state index in [0.717, 1.165) is 5.69 Å². The molecule has 5 nitrogen and oxygen atoms in total. The molecule has 0 bridgehead atoms. The number of hydrogen-bond acceptors (Lipinski definition) is 4. The molecule has 0 saturated heterocycles. The second-order valence-electron chi connectivity index (χ2n) is 4.24. The highest BCUT2D eigenvalue weighted by atomic mass is 16.1. The van der Waals surface area contributed by atoms with Crippen LogP contribution in [0.1, 0.15) is 18.7 Å². The predicted octanol–water partition coefficient (Wildman–Crippen LogP) is 1.37. The van der Waals surface area contributed by atoms with Crippen molar-refractivity contribution in [3.05, 3.63) is 52.8 Å². The lowest BCUT2D eigenvalue weighted by Crippen LogP contribution is -2.26. The van der Waals surface area contributed by atoms with Crippen LogP contribution in [-0.4, -0.2) is 21.6 Å². The molecule has 1 atom stereocenters. The second kappa shape index (κ2) is 5.00. The van der Waals surface area contributed by atoms with Crippen LogP contribution < -0.4 is 10.5 Å². The molecule has 2 rings (SSSR count). The van der Waals surface area contributed by atoms with E-state index in [-0.39, 0.29) is 11.6 Å². The molecule has 2 heterocycles. The van der Waals surface area contributed by atoms with Crippen molar-refractivity contribution >= 4 is 5.82 Å². The molecule has 18 heavy (non-hydrogen) atoms. The van der Waals surface area contributed by atoms with Gasteiger partial charge in [-0.25, -0.2) is 4.98 Å². The van der Waals surface area contributed by atoms with Gasteiger partial charge < -0.3 is 9.47 Å². The van der Waals surface area contributed by atoms with Crippen LogP contribution in [0.5, 0.6) is 0 Å². The van der Waals surface area contributed by atoms with E-state index >= 15 is 0 Å². The predicted molar refractivity (Wildman–Crippen MR) is 70.5 cm³/mol. The van der Waals surface area contributed by atoms with Crippen molar-refractivity contribution in [2.45, 2.75) is 13.0 Å². The summed E-state index contributed by atoms with van der Waals surface area (Å²) in [5, 5.41) is 0. The first-order chi connectivity index (χ1) is 8.59. The topological polar surface area (TPSA) is 51.0 Å². The van der Waals surface area contributed by atoms with Gasteiger partial charge >= 0.3 is 0 Å². The third-order valence-corrected chi connectivity index (χ3v) is 3.02. The standard InChI is InChI=1S/C13H16N4O/c1-10(11-6-4-5-7-14-11)17(3)12-8-13(18)16(2)9-15-12/h4-10H,1-3H3/t10-/m1/s1. The number of pyridine rings is 1. The molecular formula is C13H16N4O. The van der Waals surface area contributed by atoms with Gasteiger partial charge in [-0.1, -0.05) is 6.07 Å². The van der Waals surface area contributed by atoms with Gasteiger partial charge in [-0.15, -0.1) is 0 Å². The molecule has 0 aromatic carbocycles. The highest BCUT2D eigenvalue weighted by Gasteiger charge is 2.14. The van der Waals surface area contributed by atoms with Gasteiger partial charge in [0.1, 0.15) is 5.82 Å². The lowest BCUT2D eigenvalue weighted by molar-refractivity contribution is 0.696. The Morgan fingerprint density at radius 3 is 2.72 bits per heavy atom. The zero-order valence-corrected chi connectivity index (χ0v) is 10.7. The largest absolute Gasteiger partial charge is 0.351 e. The van der Waals surface area contributed by atoms with Gasteiger partial charge in [0.05, 0.1) is 18.1 Å². The Morgan fingerprint density at radius 1 is 1.33 bits per heavy atom. The first kappa shape index (κ1) is 12.3. The fourth-order valence-corrected chi connectivity index (χ4v) is 1.66. The van der Waals surface area contributed by atoms with E-state index in [0.29, 0.717) is 5.82 Å². The Bertz CT molecular complexity index is 579. The van der Waals surface area contributed by atoms with E-state index in [2.05, 4.69) is 9.97 Å². The van der Waals surface area contributed by atoms with Gasteiger partial charge in [0.2, 0.25) is 0 Å². The highest BCUT2D eigenvalue weighted by molar-refractivity contribution is 5.38. The van der Waals surface area contributed by atoms with Gasteiger partial charge in [-0.05, 0) is 19.1 Å². The summed E-state index contributed by atoms with van der Waals surface area (Å²) in [5.74, 6) is 0.649. The van der Waals surface area contributed by atoms with E-state index in [9.17, 15) is 4.79 Å². The molecule has 94 valence electrons. The second-order valence-corrected chi connectivity index (χ2v) is 4.24. The van der Waals surface area contributed by atoms with Crippen molar-refractivity contribution in [3.8, 4) is 0 Å². The summed E-state index contributed by atoms with van der Waals surface area (Å²) < 4.78 is 1.45. The van der Waals surface area contributed by atoms with Gasteiger partial charge in [0.25, 0.3) is 5.56 Å². The minimum absolute atomic E-state index is 0.0609. The van der Waals surface area contributed by atoms with Gasteiger partial charge in [0, 0.05) is 26.4 Å². The molecule has 0 aliphatic heterocycles. The van der Waals surface area contributed by atoms with Crippen LogP contribution in [0, 0.1) is 0 Å². The molecule has 0 fully saturated rings. The minimum atomic E-state index is -0.0694. The summed E-state index contributed by atoms with van der Waals surface area (Å²) in [5.41, 5.74) is 0.877. The quantitative estimate of drug-likeness (QED) is 0.818. The first-order valence-corrected chi connectivity index (χ1v) is 5.76. The molecule has 0 N–H and O–H groups in total. The van der Waals surface area contributed by atoms with E-state index in [1.54, 1.807) is 13.2 Å².